The van der Waals surface area contributed by atoms with Gasteiger partial charge in [-0.2, -0.15) is 25.3 Å². The molecule has 3 aromatic rings. The van der Waals surface area contributed by atoms with E-state index in [1.54, 1.807) is 0 Å². The van der Waals surface area contributed by atoms with Gasteiger partial charge in [0.1, 0.15) is 14.7 Å². The first-order chi connectivity index (χ1) is 16.9. The second-order valence-electron chi connectivity index (χ2n) is 7.80. The van der Waals surface area contributed by atoms with Crippen molar-refractivity contribution in [2.45, 2.75) is 14.7 Å². The van der Waals surface area contributed by atoms with Crippen LogP contribution in [0.1, 0.15) is 31.8 Å². The van der Waals surface area contributed by atoms with Crippen molar-refractivity contribution < 1.29 is 48.5 Å². The molecule has 0 aliphatic heterocycles. The molecular weight excluding hydrogens is 554 g/mol. The summed E-state index contributed by atoms with van der Waals surface area (Å²) in [4.78, 5) is 23.2. The van der Waals surface area contributed by atoms with Crippen LogP contribution in [0, 0.1) is 0 Å². The van der Waals surface area contributed by atoms with Gasteiger partial charge in [0, 0.05) is 27.8 Å². The third kappa shape index (κ3) is 4.02. The Morgan fingerprint density at radius 3 is 1.49 bits per heavy atom. The third-order valence-electron chi connectivity index (χ3n) is 5.59. The fourth-order valence-corrected chi connectivity index (χ4v) is 6.31. The molecule has 4 rings (SSSR count). The first-order valence-corrected chi connectivity index (χ1v) is 14.0. The summed E-state index contributed by atoms with van der Waals surface area (Å²) in [5.74, 6) is -1.95. The van der Waals surface area contributed by atoms with Crippen molar-refractivity contribution in [2.75, 3.05) is 17.2 Å². The summed E-state index contributed by atoms with van der Waals surface area (Å²) >= 11 is 0. The van der Waals surface area contributed by atoms with Gasteiger partial charge in [0.2, 0.25) is 0 Å². The van der Waals surface area contributed by atoms with E-state index in [9.17, 15) is 48.5 Å². The number of fused-ring (bicyclic) bond motifs is 2. The number of hydrogen-bond donors (Lipinski definition) is 6. The first-order valence-electron chi connectivity index (χ1n) is 9.67. The molecule has 1 aliphatic rings. The zero-order valence-corrected chi connectivity index (χ0v) is 20.5. The average Bonchev–Trinajstić information content (AvgIpc) is 2.74. The van der Waals surface area contributed by atoms with Gasteiger partial charge in [0.15, 0.2) is 11.6 Å². The van der Waals surface area contributed by atoms with Crippen molar-refractivity contribution in [3.05, 3.63) is 58.7 Å². The molecule has 0 amide bonds. The molecule has 0 radical (unpaired) electrons. The minimum absolute atomic E-state index is 0.194. The average molecular weight is 570 g/mol. The number of benzene rings is 3. The van der Waals surface area contributed by atoms with Gasteiger partial charge in [-0.1, -0.05) is 24.3 Å². The quantitative estimate of drug-likeness (QED) is 0.145. The molecule has 1 aliphatic carbocycles. The summed E-state index contributed by atoms with van der Waals surface area (Å²) in [6.07, 6.45) is 0. The van der Waals surface area contributed by atoms with Crippen molar-refractivity contribution in [3.63, 3.8) is 0 Å². The van der Waals surface area contributed by atoms with Crippen LogP contribution in [0.4, 0.5) is 17.1 Å². The normalized spacial score (nSPS) is 13.8. The van der Waals surface area contributed by atoms with Crippen LogP contribution < -0.4 is 17.2 Å². The van der Waals surface area contributed by atoms with Gasteiger partial charge >= 0.3 is 0 Å². The Hall–Kier alpha value is -3.87. The maximum absolute atomic E-state index is 13.5. The lowest BCUT2D eigenvalue weighted by atomic mass is 9.79. The maximum Gasteiger partial charge on any atom is 0.298 e. The Labute approximate surface area is 208 Å². The van der Waals surface area contributed by atoms with Crippen LogP contribution in [0.5, 0.6) is 0 Å². The van der Waals surface area contributed by atoms with Crippen LogP contribution in [0.3, 0.4) is 0 Å². The van der Waals surface area contributed by atoms with Gasteiger partial charge in [-0.05, 0) is 12.1 Å². The van der Waals surface area contributed by atoms with Crippen LogP contribution in [-0.2, 0) is 30.4 Å². The number of nitrogens with two attached hydrogens (primary N) is 3. The van der Waals surface area contributed by atoms with E-state index in [1.165, 1.54) is 24.3 Å². The summed E-state index contributed by atoms with van der Waals surface area (Å²) < 4.78 is 101. The molecule has 0 fully saturated rings. The largest absolute Gasteiger partial charge is 0.398 e. The lowest BCUT2D eigenvalue weighted by Crippen LogP contribution is -2.26. The second kappa shape index (κ2) is 8.07. The molecule has 0 saturated carbocycles. The Bertz CT molecular complexity index is 1910. The first kappa shape index (κ1) is 26.2. The van der Waals surface area contributed by atoms with Gasteiger partial charge in [-0.15, -0.1) is 0 Å². The summed E-state index contributed by atoms with van der Waals surface area (Å²) in [6.45, 7) is 0. The molecular formula is C20H15N3O11S3. The molecule has 0 bridgehead atoms. The molecule has 0 unspecified atom stereocenters. The molecule has 9 N–H and O–H groups in total. The molecule has 0 atom stereocenters. The highest BCUT2D eigenvalue weighted by Crippen LogP contribution is 2.47. The highest BCUT2D eigenvalue weighted by molar-refractivity contribution is 7.87. The lowest BCUT2D eigenvalue weighted by Gasteiger charge is -2.26. The molecule has 194 valence electrons. The van der Waals surface area contributed by atoms with E-state index < -0.39 is 95.9 Å². The molecule has 37 heavy (non-hydrogen) atoms. The predicted octanol–water partition coefficient (Wildman–Crippen LogP) is 0.616. The van der Waals surface area contributed by atoms with E-state index >= 15 is 0 Å². The van der Waals surface area contributed by atoms with Crippen molar-refractivity contribution >= 4 is 59.0 Å². The van der Waals surface area contributed by atoms with E-state index in [4.69, 9.17) is 17.2 Å². The lowest BCUT2D eigenvalue weighted by molar-refractivity contribution is 0.0980. The third-order valence-corrected chi connectivity index (χ3v) is 8.35. The fraction of sp³-hybridized carbons (Fsp3) is 0. The van der Waals surface area contributed by atoms with Crippen LogP contribution in [0.2, 0.25) is 0 Å². The standard InChI is InChI=1S/C20H15N3O11S3/c21-10-5-9(11(35(26,27)28)6-12(10)36(29,30)31)13-14-15(17(23)20(16(13)22)37(32,33)34)19(25)8-4-2-1-3-7(8)18(14)24/h1-6H,21-23H2,(H,26,27,28)(H,29,30,31)(H,32,33,34). The van der Waals surface area contributed by atoms with Crippen LogP contribution in [0.25, 0.3) is 11.1 Å². The number of carbonyl (C=O) groups excluding carboxylic acids is 2. The fourth-order valence-electron chi connectivity index (χ4n) is 4.15. The Kier molecular flexibility index (Phi) is 5.71. The number of carbonyl (C=O) groups is 2. The van der Waals surface area contributed by atoms with Crippen molar-refractivity contribution in [3.8, 4) is 11.1 Å². The number of ketones is 2. The summed E-state index contributed by atoms with van der Waals surface area (Å²) in [5.41, 5.74) is 11.3. The summed E-state index contributed by atoms with van der Waals surface area (Å²) in [6, 6.07) is 6.09. The highest BCUT2D eigenvalue weighted by atomic mass is 32.2. The highest BCUT2D eigenvalue weighted by Gasteiger charge is 2.40. The number of hydrogen-bond acceptors (Lipinski definition) is 11. The number of anilines is 3. The molecule has 0 heterocycles. The Morgan fingerprint density at radius 2 is 1.03 bits per heavy atom. The van der Waals surface area contributed by atoms with Gasteiger partial charge < -0.3 is 17.2 Å². The predicted molar refractivity (Wildman–Crippen MR) is 128 cm³/mol. The molecule has 17 heteroatoms. The van der Waals surface area contributed by atoms with E-state index in [-0.39, 0.29) is 17.2 Å². The van der Waals surface area contributed by atoms with Crippen molar-refractivity contribution in [1.82, 2.24) is 0 Å². The van der Waals surface area contributed by atoms with Gasteiger partial charge in [0.05, 0.1) is 22.6 Å². The van der Waals surface area contributed by atoms with Gasteiger partial charge in [0.25, 0.3) is 30.4 Å². The van der Waals surface area contributed by atoms with Crippen LogP contribution in [-0.4, -0.2) is 50.5 Å². The van der Waals surface area contributed by atoms with E-state index in [0.717, 1.165) is 0 Å². The molecule has 0 aromatic heterocycles. The minimum Gasteiger partial charge on any atom is -0.398 e. The molecule has 0 saturated heterocycles. The van der Waals surface area contributed by atoms with E-state index in [1.807, 2.05) is 0 Å². The SMILES string of the molecule is Nc1cc(-c2c(N)c(S(=O)(=O)O)c(N)c3c2C(=O)c2ccccc2C3=O)c(S(=O)(=O)O)cc1S(=O)(=O)O. The second-order valence-corrected chi connectivity index (χ2v) is 11.9. The smallest absolute Gasteiger partial charge is 0.298 e. The molecule has 14 nitrogen and oxygen atoms in total. The van der Waals surface area contributed by atoms with Crippen molar-refractivity contribution in [2.24, 2.45) is 0 Å². The maximum atomic E-state index is 13.5. The Morgan fingerprint density at radius 1 is 0.568 bits per heavy atom. The minimum atomic E-state index is -5.40. The topological polar surface area (TPSA) is 275 Å². The van der Waals surface area contributed by atoms with E-state index in [0.29, 0.717) is 6.07 Å². The summed E-state index contributed by atoms with van der Waals surface area (Å²) in [7, 11) is -15.9. The van der Waals surface area contributed by atoms with Gasteiger partial charge in [-0.25, -0.2) is 0 Å². The molecule has 0 spiro atoms. The van der Waals surface area contributed by atoms with E-state index in [2.05, 4.69) is 0 Å². The van der Waals surface area contributed by atoms with Crippen molar-refractivity contribution in [1.29, 1.82) is 0 Å². The molecule has 3 aromatic carbocycles. The Balaban J connectivity index is 2.32. The number of rotatable bonds is 4. The van der Waals surface area contributed by atoms with Crippen LogP contribution >= 0.6 is 0 Å². The summed E-state index contributed by atoms with van der Waals surface area (Å²) in [5, 5.41) is 0. The van der Waals surface area contributed by atoms with Gasteiger partial charge in [-0.3, -0.25) is 23.2 Å². The zero-order chi connectivity index (χ0) is 27.8. The number of nitrogen functional groups attached to an aromatic ring is 3. The zero-order valence-electron chi connectivity index (χ0n) is 18.0. The monoisotopic (exact) mass is 569 g/mol. The van der Waals surface area contributed by atoms with Crippen LogP contribution in [0.15, 0.2) is 51.1 Å².